The first-order valence-corrected chi connectivity index (χ1v) is 14.4. The van der Waals surface area contributed by atoms with Gasteiger partial charge < -0.3 is 24.7 Å². The topological polar surface area (TPSA) is 85.9 Å². The molecular formula is C33H41BN2O5. The molecule has 7 nitrogen and oxygen atoms in total. The minimum Gasteiger partial charge on any atom is -0.445 e. The molecule has 0 aliphatic carbocycles. The summed E-state index contributed by atoms with van der Waals surface area (Å²) in [6, 6.07) is 26.4. The first kappa shape index (κ1) is 30.3. The maximum Gasteiger partial charge on any atom is 0.457 e. The summed E-state index contributed by atoms with van der Waals surface area (Å²) >= 11 is 0. The van der Waals surface area contributed by atoms with E-state index >= 15 is 0 Å². The molecule has 0 aromatic heterocycles. The first-order valence-electron chi connectivity index (χ1n) is 14.4. The lowest BCUT2D eigenvalue weighted by atomic mass is 9.82. The van der Waals surface area contributed by atoms with E-state index in [1.54, 1.807) is 0 Å². The Bertz CT molecular complexity index is 1270. The molecule has 1 aliphatic heterocycles. The van der Waals surface area contributed by atoms with Crippen LogP contribution in [0.4, 0.5) is 10.5 Å². The second-order valence-corrected chi connectivity index (χ2v) is 11.5. The fraction of sp³-hybridized carbons (Fsp3) is 0.394. The average molecular weight is 557 g/mol. The number of hydrogen-bond acceptors (Lipinski definition) is 5. The Morgan fingerprint density at radius 1 is 0.805 bits per heavy atom. The minimum atomic E-state index is -0.740. The molecular weight excluding hydrogens is 515 g/mol. The van der Waals surface area contributed by atoms with E-state index in [1.165, 1.54) is 0 Å². The van der Waals surface area contributed by atoms with Crippen LogP contribution in [0.25, 0.3) is 11.1 Å². The van der Waals surface area contributed by atoms with E-state index in [0.29, 0.717) is 12.1 Å². The summed E-state index contributed by atoms with van der Waals surface area (Å²) in [7, 11) is -0.234. The van der Waals surface area contributed by atoms with Crippen LogP contribution in [0.3, 0.4) is 0 Å². The lowest BCUT2D eigenvalue weighted by Gasteiger charge is -2.32. The third kappa shape index (κ3) is 8.68. The van der Waals surface area contributed by atoms with Gasteiger partial charge >= 0.3 is 13.2 Å². The van der Waals surface area contributed by atoms with Crippen molar-refractivity contribution in [3.8, 4) is 11.1 Å². The van der Waals surface area contributed by atoms with Gasteiger partial charge in [-0.3, -0.25) is 4.79 Å². The predicted octanol–water partition coefficient (Wildman–Crippen LogP) is 7.24. The third-order valence-electron chi connectivity index (χ3n) is 7.79. The number of anilines is 1. The van der Waals surface area contributed by atoms with Crippen molar-refractivity contribution in [2.24, 2.45) is 0 Å². The maximum atomic E-state index is 13.4. The van der Waals surface area contributed by atoms with Gasteiger partial charge in [0.15, 0.2) is 0 Å². The number of rotatable bonds is 12. The van der Waals surface area contributed by atoms with Crippen LogP contribution in [0.5, 0.6) is 0 Å². The molecule has 2 N–H and O–H groups in total. The highest BCUT2D eigenvalue weighted by Gasteiger charge is 2.50. The Morgan fingerprint density at radius 2 is 1.44 bits per heavy atom. The van der Waals surface area contributed by atoms with Crippen molar-refractivity contribution in [2.45, 2.75) is 83.5 Å². The van der Waals surface area contributed by atoms with Crippen LogP contribution in [0.15, 0.2) is 84.9 Å². The Balaban J connectivity index is 1.33. The molecule has 8 heteroatoms. The van der Waals surface area contributed by atoms with E-state index in [4.69, 9.17) is 14.0 Å². The monoisotopic (exact) mass is 556 g/mol. The summed E-state index contributed by atoms with van der Waals surface area (Å²) in [5, 5.41) is 5.77. The summed E-state index contributed by atoms with van der Waals surface area (Å²) in [5.41, 5.74) is 2.92. The largest absolute Gasteiger partial charge is 0.457 e. The number of ether oxygens (including phenoxy) is 1. The fourth-order valence-electron chi connectivity index (χ4n) is 4.73. The second-order valence-electron chi connectivity index (χ2n) is 11.5. The van der Waals surface area contributed by atoms with Crippen LogP contribution in [0.2, 0.25) is 6.32 Å². The van der Waals surface area contributed by atoms with Crippen molar-refractivity contribution in [2.75, 3.05) is 5.32 Å². The SMILES string of the molecule is CC1(C)OB(CCCCCC(NC(=O)OCc2ccccc2)C(=O)Nc2cccc(-c3ccccc3)c2)OC1(C)C. The zero-order valence-corrected chi connectivity index (χ0v) is 24.5. The molecule has 2 amide bonds. The van der Waals surface area contributed by atoms with Crippen LogP contribution < -0.4 is 10.6 Å². The summed E-state index contributed by atoms with van der Waals surface area (Å²) in [6.45, 7) is 8.33. The van der Waals surface area contributed by atoms with Gasteiger partial charge in [0.25, 0.3) is 0 Å². The molecule has 1 heterocycles. The molecule has 3 aromatic rings. The predicted molar refractivity (Wildman–Crippen MR) is 163 cm³/mol. The quantitative estimate of drug-likeness (QED) is 0.181. The molecule has 41 heavy (non-hydrogen) atoms. The van der Waals surface area contributed by atoms with Gasteiger partial charge in [-0.2, -0.15) is 0 Å². The maximum absolute atomic E-state index is 13.4. The molecule has 1 fully saturated rings. The number of hydrogen-bond donors (Lipinski definition) is 2. The van der Waals surface area contributed by atoms with Crippen LogP contribution in [0.1, 0.15) is 58.9 Å². The molecule has 4 rings (SSSR count). The minimum absolute atomic E-state index is 0.133. The van der Waals surface area contributed by atoms with Crippen molar-refractivity contribution in [1.29, 1.82) is 0 Å². The van der Waals surface area contributed by atoms with E-state index in [-0.39, 0.29) is 30.8 Å². The van der Waals surface area contributed by atoms with Gasteiger partial charge in [0.1, 0.15) is 12.6 Å². The van der Waals surface area contributed by atoms with E-state index in [9.17, 15) is 9.59 Å². The number of alkyl carbamates (subject to hydrolysis) is 1. The van der Waals surface area contributed by atoms with Crippen molar-refractivity contribution in [1.82, 2.24) is 5.32 Å². The number of nitrogens with one attached hydrogen (secondary N) is 2. The molecule has 1 atom stereocenters. The number of amides is 2. The van der Waals surface area contributed by atoms with Crippen LogP contribution in [-0.2, 0) is 25.4 Å². The van der Waals surface area contributed by atoms with Gasteiger partial charge in [-0.15, -0.1) is 0 Å². The number of carbonyl (C=O) groups excluding carboxylic acids is 2. The highest BCUT2D eigenvalue weighted by molar-refractivity contribution is 6.45. The standard InChI is InChI=1S/C33H41BN2O5/c1-32(2)33(3,4)41-34(40-32)22-13-7-12-21-29(36-31(38)39-24-25-15-8-5-9-16-25)30(37)35-28-20-14-19-27(23-28)26-17-10-6-11-18-26/h5-6,8-11,14-20,23,29H,7,12-13,21-22,24H2,1-4H3,(H,35,37)(H,36,38). The molecule has 0 bridgehead atoms. The summed E-state index contributed by atoms with van der Waals surface area (Å²) in [4.78, 5) is 26.0. The zero-order chi connectivity index (χ0) is 29.3. The molecule has 1 aliphatic rings. The van der Waals surface area contributed by atoms with Crippen LogP contribution in [-0.4, -0.2) is 36.4 Å². The van der Waals surface area contributed by atoms with E-state index in [2.05, 4.69) is 10.6 Å². The van der Waals surface area contributed by atoms with Gasteiger partial charge in [0, 0.05) is 5.69 Å². The van der Waals surface area contributed by atoms with Gasteiger partial charge in [0.05, 0.1) is 11.2 Å². The second kappa shape index (κ2) is 13.8. The fourth-order valence-corrected chi connectivity index (χ4v) is 4.73. The Kier molecular flexibility index (Phi) is 10.2. The van der Waals surface area contributed by atoms with E-state index in [1.807, 2.05) is 113 Å². The highest BCUT2D eigenvalue weighted by Crippen LogP contribution is 2.38. The lowest BCUT2D eigenvalue weighted by molar-refractivity contribution is -0.118. The van der Waals surface area contributed by atoms with Gasteiger partial charge in [0.2, 0.25) is 5.91 Å². The third-order valence-corrected chi connectivity index (χ3v) is 7.79. The number of unbranched alkanes of at least 4 members (excludes halogenated alkanes) is 2. The highest BCUT2D eigenvalue weighted by atomic mass is 16.7. The van der Waals surface area contributed by atoms with Crippen molar-refractivity contribution < 1.29 is 23.6 Å². The van der Waals surface area contributed by atoms with E-state index < -0.39 is 12.1 Å². The molecule has 0 radical (unpaired) electrons. The zero-order valence-electron chi connectivity index (χ0n) is 24.5. The Hall–Kier alpha value is -3.62. The average Bonchev–Trinajstić information content (AvgIpc) is 3.17. The molecule has 3 aromatic carbocycles. The normalized spacial score (nSPS) is 16.1. The van der Waals surface area contributed by atoms with Crippen LogP contribution >= 0.6 is 0 Å². The van der Waals surface area contributed by atoms with Gasteiger partial charge in [-0.05, 0) is 69.3 Å². The van der Waals surface area contributed by atoms with E-state index in [0.717, 1.165) is 42.3 Å². The number of carbonyl (C=O) groups is 2. The smallest absolute Gasteiger partial charge is 0.445 e. The van der Waals surface area contributed by atoms with Crippen molar-refractivity contribution in [3.63, 3.8) is 0 Å². The Morgan fingerprint density at radius 3 is 2.12 bits per heavy atom. The molecule has 216 valence electrons. The summed E-state index contributed by atoms with van der Waals surface area (Å²) in [6.07, 6.45) is 3.15. The summed E-state index contributed by atoms with van der Waals surface area (Å²) < 4.78 is 17.6. The first-order chi connectivity index (χ1) is 19.6. The molecule has 1 unspecified atom stereocenters. The van der Waals surface area contributed by atoms with Gasteiger partial charge in [-0.25, -0.2) is 4.79 Å². The van der Waals surface area contributed by atoms with Crippen molar-refractivity contribution >= 4 is 24.8 Å². The number of benzene rings is 3. The molecule has 0 saturated carbocycles. The van der Waals surface area contributed by atoms with Crippen molar-refractivity contribution in [3.05, 3.63) is 90.5 Å². The molecule has 1 saturated heterocycles. The van der Waals surface area contributed by atoms with Gasteiger partial charge in [-0.1, -0.05) is 92.1 Å². The Labute approximate surface area is 244 Å². The lowest BCUT2D eigenvalue weighted by Crippen LogP contribution is -2.44. The van der Waals surface area contributed by atoms with Crippen LogP contribution in [0, 0.1) is 0 Å². The summed E-state index contributed by atoms with van der Waals surface area (Å²) in [5.74, 6) is -0.280. The molecule has 0 spiro atoms.